The van der Waals surface area contributed by atoms with Crippen molar-refractivity contribution in [3.05, 3.63) is 0 Å². The Balaban J connectivity index is 0. The molecule has 0 atom stereocenters. The predicted octanol–water partition coefficient (Wildman–Crippen LogP) is 3.06. The molecule has 4 nitrogen and oxygen atoms in total. The fourth-order valence-corrected chi connectivity index (χ4v) is 5.02. The number of carboxylic acid groups (broad SMARTS) is 2. The van der Waals surface area contributed by atoms with Crippen LogP contribution in [0.4, 0.5) is 0 Å². The SMILES string of the molecule is C[CH](C)[Sn][CH](C)C.O=C(O)CCCCC(=O)O. The maximum atomic E-state index is 9.90. The maximum absolute atomic E-state index is 9.90. The Morgan fingerprint density at radius 1 is 0.882 bits per heavy atom. The molecule has 0 heterocycles. The Morgan fingerprint density at radius 2 is 1.18 bits per heavy atom. The smallest absolute Gasteiger partial charge is 0.303 e. The van der Waals surface area contributed by atoms with E-state index in [0.29, 0.717) is 12.8 Å². The number of hydrogen-bond donors (Lipinski definition) is 2. The molecule has 0 aliphatic carbocycles. The van der Waals surface area contributed by atoms with Crippen LogP contribution in [-0.4, -0.2) is 43.3 Å². The minimum absolute atomic E-state index is 0.0389. The van der Waals surface area contributed by atoms with E-state index in [0.717, 1.165) is 7.87 Å². The van der Waals surface area contributed by atoms with Crippen LogP contribution in [0.2, 0.25) is 7.87 Å². The van der Waals surface area contributed by atoms with Gasteiger partial charge >= 0.3 is 68.6 Å². The van der Waals surface area contributed by atoms with Gasteiger partial charge in [0.2, 0.25) is 0 Å². The average molecular weight is 351 g/mol. The Bertz CT molecular complexity index is 193. The van der Waals surface area contributed by atoms with Crippen molar-refractivity contribution in [1.29, 1.82) is 0 Å². The van der Waals surface area contributed by atoms with Gasteiger partial charge in [-0.05, 0) is 12.8 Å². The van der Waals surface area contributed by atoms with Crippen LogP contribution in [0.1, 0.15) is 53.4 Å². The molecule has 0 aromatic rings. The molecule has 0 rings (SSSR count). The standard InChI is InChI=1S/C6H10O4.2C3H7.Sn/c7-5(8)3-1-2-4-6(9)10;2*1-3-2;/h1-4H2,(H,7,8)(H,9,10);2*3H,1-2H3;. The molecule has 5 heteroatoms. The van der Waals surface area contributed by atoms with Crippen LogP contribution < -0.4 is 0 Å². The summed E-state index contributed by atoms with van der Waals surface area (Å²) in [6.07, 6.45) is 1.02. The number of hydrogen-bond acceptors (Lipinski definition) is 2. The molecule has 0 aliphatic heterocycles. The molecule has 2 radical (unpaired) electrons. The molecule has 0 saturated carbocycles. The van der Waals surface area contributed by atoms with Gasteiger partial charge in [0.1, 0.15) is 0 Å². The molecule has 0 aromatic carbocycles. The zero-order valence-corrected chi connectivity index (χ0v) is 14.0. The first-order valence-corrected chi connectivity index (χ1v) is 9.24. The molecule has 0 unspecified atom stereocenters. The Hall–Kier alpha value is -0.261. The number of unbranched alkanes of at least 4 members (excludes halogenated alkanes) is 1. The molecule has 0 saturated heterocycles. The van der Waals surface area contributed by atoms with Gasteiger partial charge in [-0.2, -0.15) is 0 Å². The molecular weight excluding hydrogens is 327 g/mol. The van der Waals surface area contributed by atoms with E-state index < -0.39 is 11.9 Å². The van der Waals surface area contributed by atoms with Crippen LogP contribution in [0.5, 0.6) is 0 Å². The summed E-state index contributed by atoms with van der Waals surface area (Å²) >= 11 is 0.0389. The number of carboxylic acids is 2. The fraction of sp³-hybridized carbons (Fsp3) is 0.833. The van der Waals surface area contributed by atoms with E-state index in [9.17, 15) is 9.59 Å². The van der Waals surface area contributed by atoms with Gasteiger partial charge in [0.25, 0.3) is 0 Å². The van der Waals surface area contributed by atoms with Crippen molar-refractivity contribution in [2.24, 2.45) is 0 Å². The number of carbonyl (C=O) groups is 2. The summed E-state index contributed by atoms with van der Waals surface area (Å²) in [5.41, 5.74) is 0. The fourth-order valence-electron chi connectivity index (χ4n) is 1.22. The molecule has 2 N–H and O–H groups in total. The first-order chi connectivity index (χ1) is 7.75. The maximum Gasteiger partial charge on any atom is 0.303 e. The minimum Gasteiger partial charge on any atom is -0.481 e. The third-order valence-electron chi connectivity index (χ3n) is 1.70. The summed E-state index contributed by atoms with van der Waals surface area (Å²) < 4.78 is 2.09. The van der Waals surface area contributed by atoms with E-state index >= 15 is 0 Å². The molecule has 0 fully saturated rings. The largest absolute Gasteiger partial charge is 0.481 e. The van der Waals surface area contributed by atoms with Crippen molar-refractivity contribution >= 4 is 33.1 Å². The normalized spacial score (nSPS) is 10.0. The van der Waals surface area contributed by atoms with Crippen molar-refractivity contribution in [1.82, 2.24) is 0 Å². The van der Waals surface area contributed by atoms with Crippen LogP contribution in [0.25, 0.3) is 0 Å². The molecule has 100 valence electrons. The second kappa shape index (κ2) is 12.2. The van der Waals surface area contributed by atoms with Gasteiger partial charge in [-0.25, -0.2) is 0 Å². The topological polar surface area (TPSA) is 74.6 Å². The Kier molecular flexibility index (Phi) is 13.7. The molecule has 0 bridgehead atoms. The van der Waals surface area contributed by atoms with Crippen LogP contribution in [0.15, 0.2) is 0 Å². The third-order valence-corrected chi connectivity index (χ3v) is 5.50. The van der Waals surface area contributed by atoms with Gasteiger partial charge in [-0.1, -0.05) is 0 Å². The summed E-state index contributed by atoms with van der Waals surface area (Å²) in [5.74, 6) is -1.74. The summed E-state index contributed by atoms with van der Waals surface area (Å²) in [6.45, 7) is 9.36. The van der Waals surface area contributed by atoms with E-state index in [1.807, 2.05) is 0 Å². The quantitative estimate of drug-likeness (QED) is 0.546. The van der Waals surface area contributed by atoms with Gasteiger partial charge in [0.15, 0.2) is 0 Å². The second-order valence-electron chi connectivity index (χ2n) is 4.47. The monoisotopic (exact) mass is 352 g/mol. The summed E-state index contributed by atoms with van der Waals surface area (Å²) in [4.78, 5) is 19.8. The van der Waals surface area contributed by atoms with E-state index in [1.54, 1.807) is 0 Å². The predicted molar refractivity (Wildman–Crippen MR) is 69.7 cm³/mol. The van der Waals surface area contributed by atoms with E-state index in [-0.39, 0.29) is 34.0 Å². The average Bonchev–Trinajstić information content (AvgIpc) is 2.10. The van der Waals surface area contributed by atoms with Crippen molar-refractivity contribution < 1.29 is 19.8 Å². The third kappa shape index (κ3) is 25.8. The summed E-state index contributed by atoms with van der Waals surface area (Å²) in [7, 11) is 0. The van der Waals surface area contributed by atoms with Gasteiger partial charge in [0.05, 0.1) is 0 Å². The zero-order chi connectivity index (χ0) is 13.8. The summed E-state index contributed by atoms with van der Waals surface area (Å²) in [5, 5.41) is 16.3. The molecule has 0 spiro atoms. The van der Waals surface area contributed by atoms with E-state index in [2.05, 4.69) is 27.7 Å². The molecular formula is C12H24O4Sn. The molecule has 0 aliphatic rings. The Labute approximate surface area is 114 Å². The molecule has 0 amide bonds. The van der Waals surface area contributed by atoms with Crippen molar-refractivity contribution in [3.8, 4) is 0 Å². The molecule has 0 aromatic heterocycles. The first kappa shape index (κ1) is 19.1. The second-order valence-corrected chi connectivity index (χ2v) is 12.0. The van der Waals surface area contributed by atoms with Crippen LogP contribution in [0, 0.1) is 0 Å². The van der Waals surface area contributed by atoms with Crippen LogP contribution in [0.3, 0.4) is 0 Å². The van der Waals surface area contributed by atoms with E-state index in [4.69, 9.17) is 10.2 Å². The molecule has 17 heavy (non-hydrogen) atoms. The first-order valence-electron chi connectivity index (χ1n) is 5.95. The van der Waals surface area contributed by atoms with Crippen molar-refractivity contribution in [2.45, 2.75) is 61.2 Å². The van der Waals surface area contributed by atoms with Crippen molar-refractivity contribution in [2.75, 3.05) is 0 Å². The van der Waals surface area contributed by atoms with Gasteiger partial charge in [0, 0.05) is 12.8 Å². The van der Waals surface area contributed by atoms with Crippen LogP contribution >= 0.6 is 0 Å². The van der Waals surface area contributed by atoms with Gasteiger partial charge in [-0.15, -0.1) is 0 Å². The minimum atomic E-state index is -0.870. The zero-order valence-electron chi connectivity index (χ0n) is 11.2. The summed E-state index contributed by atoms with van der Waals surface area (Å²) in [6, 6.07) is 0. The number of rotatable bonds is 7. The van der Waals surface area contributed by atoms with Gasteiger partial charge in [-0.3, -0.25) is 9.59 Å². The van der Waals surface area contributed by atoms with Crippen molar-refractivity contribution in [3.63, 3.8) is 0 Å². The Morgan fingerprint density at radius 3 is 1.29 bits per heavy atom. The van der Waals surface area contributed by atoms with Gasteiger partial charge < -0.3 is 10.2 Å². The van der Waals surface area contributed by atoms with Crippen LogP contribution in [-0.2, 0) is 9.59 Å². The van der Waals surface area contributed by atoms with E-state index in [1.165, 1.54) is 0 Å². The number of aliphatic carboxylic acids is 2.